The van der Waals surface area contributed by atoms with Gasteiger partial charge in [-0.15, -0.1) is 0 Å². The summed E-state index contributed by atoms with van der Waals surface area (Å²) in [5.74, 6) is 0.305. The number of aliphatic hydroxyl groups is 1. The van der Waals surface area contributed by atoms with Gasteiger partial charge in [0, 0.05) is 6.08 Å². The first-order valence-electron chi connectivity index (χ1n) is 2.47. The van der Waals surface area contributed by atoms with Crippen LogP contribution >= 0.6 is 0 Å². The Morgan fingerprint density at radius 1 is 1.44 bits per heavy atom. The molecular weight excluding hydrogens is 138 g/mol. The van der Waals surface area contributed by atoms with Crippen LogP contribution in [-0.4, -0.2) is 10.8 Å². The van der Waals surface area contributed by atoms with Crippen LogP contribution in [0, 0.1) is 0 Å². The lowest BCUT2D eigenvalue weighted by Gasteiger charge is -1.94. The molecule has 0 aromatic heterocycles. The quantitative estimate of drug-likeness (QED) is 0.367. The summed E-state index contributed by atoms with van der Waals surface area (Å²) >= 11 is 0. The highest BCUT2D eigenvalue weighted by molar-refractivity contribution is 5.92. The molecule has 0 fully saturated rings. The summed E-state index contributed by atoms with van der Waals surface area (Å²) < 4.78 is 0. The Balaban J connectivity index is 0.000000640. The Morgan fingerprint density at radius 2 is 2.11 bits per heavy atom. The van der Waals surface area contributed by atoms with Crippen LogP contribution in [0.15, 0.2) is 24.0 Å². The van der Waals surface area contributed by atoms with E-state index in [0.29, 0.717) is 12.2 Å². The summed E-state index contributed by atoms with van der Waals surface area (Å²) in [4.78, 5) is 0. The maximum absolute atomic E-state index is 8.73. The molecule has 0 radical (unpaired) electrons. The third kappa shape index (κ3) is 2.33. The van der Waals surface area contributed by atoms with Gasteiger partial charge in [0.25, 0.3) is 0 Å². The minimum absolute atomic E-state index is 0. The van der Waals surface area contributed by atoms with Crippen LogP contribution in [0.2, 0.25) is 0 Å². The Morgan fingerprint density at radius 3 is 2.44 bits per heavy atom. The molecule has 0 aromatic rings. The molecular formula is C6H8ClNO. The number of halogens is 1. The summed E-state index contributed by atoms with van der Waals surface area (Å²) in [5, 5.41) is 14.1. The van der Waals surface area contributed by atoms with Gasteiger partial charge in [-0.3, -0.25) is 5.41 Å². The smallest absolute Gasteiger partial charge is 0.176 e. The van der Waals surface area contributed by atoms with Crippen molar-refractivity contribution < 1.29 is 22.9 Å². The maximum atomic E-state index is 8.73. The van der Waals surface area contributed by atoms with Crippen LogP contribution in [0.3, 0.4) is 0 Å². The Kier molecular flexibility index (Phi) is 3.02. The van der Waals surface area contributed by atoms with Crippen LogP contribution in [-0.2, 0) is 0 Å². The molecule has 0 aromatic carbocycles. The summed E-state index contributed by atoms with van der Waals surface area (Å²) in [7, 11) is 0. The van der Waals surface area contributed by atoms with Gasteiger partial charge in [-0.25, -0.2) is 0 Å². The zero-order chi connectivity index (χ0) is 5.98. The fourth-order valence-electron chi connectivity index (χ4n) is 0.551. The first kappa shape index (κ1) is 8.24. The predicted octanol–water partition coefficient (Wildman–Crippen LogP) is -3.41. The van der Waals surface area contributed by atoms with Gasteiger partial charge in [0.05, 0.1) is 6.42 Å². The number of aliphatic hydroxyl groups excluding tert-OH is 1. The second-order valence-electron chi connectivity index (χ2n) is 1.74. The van der Waals surface area contributed by atoms with E-state index in [2.05, 4.69) is 0 Å². The van der Waals surface area contributed by atoms with Crippen molar-refractivity contribution >= 4 is 5.71 Å². The number of hydrogen-bond donors (Lipinski definition) is 2. The van der Waals surface area contributed by atoms with E-state index in [-0.39, 0.29) is 12.4 Å². The second kappa shape index (κ2) is 3.30. The van der Waals surface area contributed by atoms with Crippen LogP contribution in [0.25, 0.3) is 0 Å². The highest BCUT2D eigenvalue weighted by atomic mass is 35.5. The summed E-state index contributed by atoms with van der Waals surface area (Å²) in [6.07, 6.45) is 5.63. The van der Waals surface area contributed by atoms with Crippen molar-refractivity contribution in [1.29, 1.82) is 0 Å². The van der Waals surface area contributed by atoms with E-state index in [1.54, 1.807) is 18.2 Å². The van der Waals surface area contributed by atoms with Crippen molar-refractivity contribution in [3.05, 3.63) is 24.0 Å². The molecule has 0 saturated heterocycles. The molecule has 0 unspecified atom stereocenters. The van der Waals surface area contributed by atoms with E-state index in [9.17, 15) is 0 Å². The van der Waals surface area contributed by atoms with Gasteiger partial charge in [-0.1, -0.05) is 0 Å². The summed E-state index contributed by atoms with van der Waals surface area (Å²) in [5.41, 5.74) is 0.794. The SMILES string of the molecule is [Cl-].[NH2+]=C1C=CC(O)=CC1. The van der Waals surface area contributed by atoms with Gasteiger partial charge in [0.2, 0.25) is 0 Å². The minimum Gasteiger partial charge on any atom is -1.00 e. The molecule has 0 aliphatic heterocycles. The van der Waals surface area contributed by atoms with Gasteiger partial charge < -0.3 is 17.5 Å². The zero-order valence-electron chi connectivity index (χ0n) is 4.84. The van der Waals surface area contributed by atoms with Crippen molar-refractivity contribution in [1.82, 2.24) is 0 Å². The third-order valence-corrected chi connectivity index (χ3v) is 1.02. The number of hydrogen-bond acceptors (Lipinski definition) is 1. The van der Waals surface area contributed by atoms with Gasteiger partial charge in [-0.2, -0.15) is 0 Å². The third-order valence-electron chi connectivity index (χ3n) is 1.02. The van der Waals surface area contributed by atoms with Crippen LogP contribution in [0.5, 0.6) is 0 Å². The lowest BCUT2D eigenvalue weighted by atomic mass is 10.1. The molecule has 2 nitrogen and oxygen atoms in total. The molecule has 0 bridgehead atoms. The molecule has 9 heavy (non-hydrogen) atoms. The molecule has 3 N–H and O–H groups in total. The van der Waals surface area contributed by atoms with Crippen molar-refractivity contribution in [3.8, 4) is 0 Å². The van der Waals surface area contributed by atoms with E-state index >= 15 is 0 Å². The van der Waals surface area contributed by atoms with Gasteiger partial charge in [0.15, 0.2) is 5.71 Å². The van der Waals surface area contributed by atoms with Crippen LogP contribution in [0.1, 0.15) is 6.42 Å². The number of allylic oxidation sites excluding steroid dienone is 3. The average Bonchev–Trinajstić information content (AvgIpc) is 1.77. The monoisotopic (exact) mass is 145 g/mol. The van der Waals surface area contributed by atoms with E-state index in [0.717, 1.165) is 5.71 Å². The molecule has 3 heteroatoms. The molecule has 0 amide bonds. The summed E-state index contributed by atoms with van der Waals surface area (Å²) in [6.45, 7) is 0. The standard InChI is InChI=1S/C6H7NO.ClH/c7-5-1-3-6(8)4-2-5;/h1,3-4,7-8H,2H2;1H. The zero-order valence-corrected chi connectivity index (χ0v) is 5.60. The minimum atomic E-state index is 0. The van der Waals surface area contributed by atoms with Gasteiger partial charge in [0.1, 0.15) is 5.76 Å². The molecule has 0 heterocycles. The normalized spacial score (nSPS) is 16.4. The Bertz CT molecular complexity index is 169. The molecule has 1 aliphatic rings. The van der Waals surface area contributed by atoms with E-state index in [1.165, 1.54) is 0 Å². The molecule has 0 saturated carbocycles. The van der Waals surface area contributed by atoms with Crippen molar-refractivity contribution in [2.75, 3.05) is 0 Å². The first-order chi connectivity index (χ1) is 3.79. The van der Waals surface area contributed by atoms with Crippen molar-refractivity contribution in [3.63, 3.8) is 0 Å². The lowest BCUT2D eigenvalue weighted by Crippen LogP contribution is -3.00. The van der Waals surface area contributed by atoms with Crippen LogP contribution < -0.4 is 17.8 Å². The predicted molar refractivity (Wildman–Crippen MR) is 31.4 cm³/mol. The molecule has 0 spiro atoms. The van der Waals surface area contributed by atoms with Crippen LogP contribution in [0.4, 0.5) is 0 Å². The topological polar surface area (TPSA) is 45.8 Å². The Labute approximate surface area is 59.8 Å². The molecule has 1 aliphatic carbocycles. The first-order valence-corrected chi connectivity index (χ1v) is 2.47. The second-order valence-corrected chi connectivity index (χ2v) is 1.74. The number of rotatable bonds is 0. The van der Waals surface area contributed by atoms with E-state index in [1.807, 2.05) is 0 Å². The molecule has 1 rings (SSSR count). The largest absolute Gasteiger partial charge is 1.00 e. The summed E-state index contributed by atoms with van der Waals surface area (Å²) in [6, 6.07) is 0. The van der Waals surface area contributed by atoms with Crippen molar-refractivity contribution in [2.45, 2.75) is 6.42 Å². The van der Waals surface area contributed by atoms with Gasteiger partial charge >= 0.3 is 0 Å². The average molecular weight is 146 g/mol. The molecule has 0 atom stereocenters. The number of nitrogens with two attached hydrogens (primary N) is 1. The fourth-order valence-corrected chi connectivity index (χ4v) is 0.551. The maximum Gasteiger partial charge on any atom is 0.176 e. The fraction of sp³-hybridized carbons (Fsp3) is 0.167. The lowest BCUT2D eigenvalue weighted by molar-refractivity contribution is -0.114. The highest BCUT2D eigenvalue weighted by Crippen LogP contribution is 2.00. The highest BCUT2D eigenvalue weighted by Gasteiger charge is 2.00. The van der Waals surface area contributed by atoms with Gasteiger partial charge in [-0.05, 0) is 12.2 Å². The van der Waals surface area contributed by atoms with E-state index < -0.39 is 0 Å². The van der Waals surface area contributed by atoms with E-state index in [4.69, 9.17) is 10.5 Å². The molecule has 50 valence electrons. The Hall–Kier alpha value is -0.760. The van der Waals surface area contributed by atoms with Crippen molar-refractivity contribution in [2.24, 2.45) is 0 Å².